The van der Waals surface area contributed by atoms with Gasteiger partial charge >= 0.3 is 0 Å². The minimum Gasteiger partial charge on any atom is -0.493 e. The molecule has 0 fully saturated rings. The van der Waals surface area contributed by atoms with Gasteiger partial charge in [0.1, 0.15) is 30.0 Å². The number of ether oxygens (including phenoxy) is 3. The molecule has 2 aliphatic rings. The minimum atomic E-state index is -0.468. The van der Waals surface area contributed by atoms with E-state index in [9.17, 15) is 4.39 Å². The SMILES string of the molecule is COc1ccc([C@H]2Oc3ccccc3C3=C2[C@@H](c2ccc(F)cc2)n2ncnc2N3)cc1OC. The maximum atomic E-state index is 13.8. The summed E-state index contributed by atoms with van der Waals surface area (Å²) < 4.78 is 33.2. The lowest BCUT2D eigenvalue weighted by Crippen LogP contribution is -2.32. The highest BCUT2D eigenvalue weighted by Crippen LogP contribution is 2.51. The first-order chi connectivity index (χ1) is 16.7. The van der Waals surface area contributed by atoms with E-state index in [1.54, 1.807) is 31.0 Å². The number of methoxy groups -OCH3 is 2. The molecule has 0 bridgehead atoms. The van der Waals surface area contributed by atoms with E-state index in [1.807, 2.05) is 42.5 Å². The van der Waals surface area contributed by atoms with Gasteiger partial charge in [0.25, 0.3) is 0 Å². The number of para-hydroxylation sites is 1. The van der Waals surface area contributed by atoms with E-state index in [0.717, 1.165) is 33.7 Å². The molecule has 34 heavy (non-hydrogen) atoms. The number of hydrogen-bond donors (Lipinski definition) is 1. The van der Waals surface area contributed by atoms with E-state index in [-0.39, 0.29) is 11.9 Å². The molecule has 0 spiro atoms. The monoisotopic (exact) mass is 456 g/mol. The molecular weight excluding hydrogens is 435 g/mol. The van der Waals surface area contributed by atoms with Crippen molar-refractivity contribution in [1.29, 1.82) is 0 Å². The van der Waals surface area contributed by atoms with Crippen LogP contribution in [0.4, 0.5) is 10.3 Å². The van der Waals surface area contributed by atoms with Crippen molar-refractivity contribution in [3.63, 3.8) is 0 Å². The molecule has 0 aliphatic carbocycles. The molecule has 3 aromatic carbocycles. The summed E-state index contributed by atoms with van der Waals surface area (Å²) in [5.74, 6) is 2.29. The van der Waals surface area contributed by atoms with Crippen LogP contribution in [-0.4, -0.2) is 29.0 Å². The average Bonchev–Trinajstić information content (AvgIpc) is 3.35. The number of rotatable bonds is 4. The molecule has 3 heterocycles. The molecule has 0 amide bonds. The summed E-state index contributed by atoms with van der Waals surface area (Å²) in [6, 6.07) is 19.7. The van der Waals surface area contributed by atoms with Crippen LogP contribution in [0.2, 0.25) is 0 Å². The molecule has 1 aromatic heterocycles. The molecule has 170 valence electrons. The number of nitrogens with zero attached hydrogens (tertiary/aromatic N) is 3. The van der Waals surface area contributed by atoms with Gasteiger partial charge < -0.3 is 19.5 Å². The Labute approximate surface area is 195 Å². The Morgan fingerprint density at radius 3 is 2.50 bits per heavy atom. The van der Waals surface area contributed by atoms with E-state index < -0.39 is 6.10 Å². The number of anilines is 1. The third kappa shape index (κ3) is 3.10. The van der Waals surface area contributed by atoms with Crippen LogP contribution in [0.3, 0.4) is 0 Å². The summed E-state index contributed by atoms with van der Waals surface area (Å²) in [4.78, 5) is 4.42. The van der Waals surface area contributed by atoms with Crippen molar-refractivity contribution in [2.45, 2.75) is 12.1 Å². The topological polar surface area (TPSA) is 70.4 Å². The summed E-state index contributed by atoms with van der Waals surface area (Å²) in [7, 11) is 3.21. The van der Waals surface area contributed by atoms with Gasteiger partial charge in [-0.3, -0.25) is 0 Å². The van der Waals surface area contributed by atoms with Gasteiger partial charge in [0.05, 0.1) is 19.9 Å². The second-order valence-electron chi connectivity index (χ2n) is 8.05. The van der Waals surface area contributed by atoms with Crippen LogP contribution in [0.25, 0.3) is 5.70 Å². The zero-order chi connectivity index (χ0) is 23.2. The van der Waals surface area contributed by atoms with Crippen molar-refractivity contribution in [3.05, 3.63) is 101 Å². The third-order valence-corrected chi connectivity index (χ3v) is 6.22. The lowest BCUT2D eigenvalue weighted by Gasteiger charge is -2.39. The Morgan fingerprint density at radius 1 is 0.941 bits per heavy atom. The molecule has 0 unspecified atom stereocenters. The van der Waals surface area contributed by atoms with E-state index in [1.165, 1.54) is 18.5 Å². The second kappa shape index (κ2) is 7.91. The third-order valence-electron chi connectivity index (χ3n) is 6.22. The molecular formula is C26H21FN4O3. The molecule has 2 aliphatic heterocycles. The second-order valence-corrected chi connectivity index (χ2v) is 8.05. The van der Waals surface area contributed by atoms with Gasteiger partial charge in [0.15, 0.2) is 11.5 Å². The van der Waals surface area contributed by atoms with Gasteiger partial charge in [-0.05, 0) is 42.0 Å². The Morgan fingerprint density at radius 2 is 1.71 bits per heavy atom. The highest BCUT2D eigenvalue weighted by atomic mass is 19.1. The molecule has 0 radical (unpaired) electrons. The summed E-state index contributed by atoms with van der Waals surface area (Å²) >= 11 is 0. The quantitative estimate of drug-likeness (QED) is 0.466. The van der Waals surface area contributed by atoms with Crippen LogP contribution in [0.5, 0.6) is 17.2 Å². The van der Waals surface area contributed by atoms with Crippen molar-refractivity contribution < 1.29 is 18.6 Å². The maximum Gasteiger partial charge on any atom is 0.226 e. The zero-order valence-corrected chi connectivity index (χ0v) is 18.5. The standard InChI is InChI=1S/C26H21FN4O3/c1-32-20-12-9-16(13-21(20)33-2)25-22-23(18-5-3-4-6-19(18)34-25)30-26-28-14-29-31(26)24(22)15-7-10-17(27)11-8-15/h3-14,24-25H,1-2H3,(H,28,29,30)/t24-,25-/m1/s1. The molecule has 8 heteroatoms. The average molecular weight is 456 g/mol. The molecule has 6 rings (SSSR count). The summed E-state index contributed by atoms with van der Waals surface area (Å²) in [5.41, 5.74) is 4.52. The number of halogens is 1. The van der Waals surface area contributed by atoms with Crippen molar-refractivity contribution in [1.82, 2.24) is 14.8 Å². The van der Waals surface area contributed by atoms with Crippen LogP contribution < -0.4 is 19.5 Å². The van der Waals surface area contributed by atoms with Crippen LogP contribution in [0.15, 0.2) is 78.6 Å². The van der Waals surface area contributed by atoms with Crippen LogP contribution in [0, 0.1) is 5.82 Å². The van der Waals surface area contributed by atoms with E-state index in [0.29, 0.717) is 17.4 Å². The number of benzene rings is 3. The number of hydrogen-bond acceptors (Lipinski definition) is 6. The number of aromatic nitrogens is 3. The van der Waals surface area contributed by atoms with Gasteiger partial charge in [-0.25, -0.2) is 9.07 Å². The van der Waals surface area contributed by atoms with Gasteiger partial charge in [-0.2, -0.15) is 10.1 Å². The fourth-order valence-corrected chi connectivity index (χ4v) is 4.67. The number of nitrogens with one attached hydrogen (secondary N) is 1. The molecule has 0 saturated heterocycles. The Bertz CT molecular complexity index is 1410. The Hall–Kier alpha value is -4.33. The van der Waals surface area contributed by atoms with E-state index in [4.69, 9.17) is 14.2 Å². The first-order valence-corrected chi connectivity index (χ1v) is 10.8. The summed E-state index contributed by atoms with van der Waals surface area (Å²) in [6.45, 7) is 0. The first kappa shape index (κ1) is 20.3. The van der Waals surface area contributed by atoms with Crippen molar-refractivity contribution in [2.24, 2.45) is 0 Å². The van der Waals surface area contributed by atoms with Crippen LogP contribution >= 0.6 is 0 Å². The van der Waals surface area contributed by atoms with Crippen molar-refractivity contribution >= 4 is 11.6 Å². The predicted molar refractivity (Wildman–Crippen MR) is 124 cm³/mol. The molecule has 0 saturated carbocycles. The smallest absolute Gasteiger partial charge is 0.226 e. The Balaban J connectivity index is 1.60. The highest BCUT2D eigenvalue weighted by Gasteiger charge is 2.41. The highest BCUT2D eigenvalue weighted by molar-refractivity contribution is 5.85. The van der Waals surface area contributed by atoms with Gasteiger partial charge in [0, 0.05) is 16.7 Å². The van der Waals surface area contributed by atoms with Gasteiger partial charge in [-0.15, -0.1) is 0 Å². The van der Waals surface area contributed by atoms with E-state index >= 15 is 0 Å². The fraction of sp³-hybridized carbons (Fsp3) is 0.154. The normalized spacial score (nSPS) is 18.2. The summed E-state index contributed by atoms with van der Waals surface area (Å²) in [5, 5.41) is 7.94. The maximum absolute atomic E-state index is 13.8. The van der Waals surface area contributed by atoms with Crippen LogP contribution in [-0.2, 0) is 0 Å². The predicted octanol–water partition coefficient (Wildman–Crippen LogP) is 4.99. The van der Waals surface area contributed by atoms with Gasteiger partial charge in [0.2, 0.25) is 5.95 Å². The largest absolute Gasteiger partial charge is 0.493 e. The molecule has 4 aromatic rings. The summed E-state index contributed by atoms with van der Waals surface area (Å²) in [6.07, 6.45) is 1.04. The minimum absolute atomic E-state index is 0.299. The lowest BCUT2D eigenvalue weighted by molar-refractivity contribution is 0.222. The Kier molecular flexibility index (Phi) is 4.72. The first-order valence-electron chi connectivity index (χ1n) is 10.8. The molecule has 1 N–H and O–H groups in total. The molecule has 7 nitrogen and oxygen atoms in total. The fourth-order valence-electron chi connectivity index (χ4n) is 4.67. The van der Waals surface area contributed by atoms with Crippen molar-refractivity contribution in [2.75, 3.05) is 19.5 Å². The van der Waals surface area contributed by atoms with Crippen molar-refractivity contribution in [3.8, 4) is 17.2 Å². The number of fused-ring (bicyclic) bond motifs is 3. The van der Waals surface area contributed by atoms with Crippen LogP contribution in [0.1, 0.15) is 28.8 Å². The lowest BCUT2D eigenvalue weighted by atomic mass is 9.84. The van der Waals surface area contributed by atoms with Gasteiger partial charge in [-0.1, -0.05) is 30.3 Å². The van der Waals surface area contributed by atoms with E-state index in [2.05, 4.69) is 15.4 Å². The zero-order valence-electron chi connectivity index (χ0n) is 18.5. The molecule has 2 atom stereocenters.